The van der Waals surface area contributed by atoms with E-state index in [4.69, 9.17) is 5.73 Å². The zero-order valence-electron chi connectivity index (χ0n) is 10.9. The van der Waals surface area contributed by atoms with Crippen molar-refractivity contribution in [3.05, 3.63) is 16.2 Å². The van der Waals surface area contributed by atoms with E-state index < -0.39 is 14.6 Å². The van der Waals surface area contributed by atoms with E-state index in [0.29, 0.717) is 11.5 Å². The number of hydrogen-bond donors (Lipinski definition) is 2. The summed E-state index contributed by atoms with van der Waals surface area (Å²) in [4.78, 5) is 4.15. The molecule has 0 aromatic carbocycles. The predicted molar refractivity (Wildman–Crippen MR) is 78.5 cm³/mol. The van der Waals surface area contributed by atoms with E-state index in [9.17, 15) is 8.42 Å². The van der Waals surface area contributed by atoms with Crippen molar-refractivity contribution in [2.45, 2.75) is 25.5 Å². The van der Waals surface area contributed by atoms with Gasteiger partial charge in [0, 0.05) is 12.8 Å². The van der Waals surface area contributed by atoms with Gasteiger partial charge in [0.15, 0.2) is 9.84 Å². The Morgan fingerprint density at radius 1 is 1.50 bits per heavy atom. The standard InChI is InChI=1S/C11H18BrN3O2S/c1-7-8(13)5-14-10(9(7)12)15-6-11(2,3)18(4,16)17/h5H,6,13H2,1-4H3,(H,14,15). The highest BCUT2D eigenvalue weighted by Gasteiger charge is 2.30. The van der Waals surface area contributed by atoms with Gasteiger partial charge in [0.1, 0.15) is 5.82 Å². The zero-order chi connectivity index (χ0) is 14.1. The van der Waals surface area contributed by atoms with E-state index in [1.54, 1.807) is 20.0 Å². The average molecular weight is 336 g/mol. The van der Waals surface area contributed by atoms with E-state index in [2.05, 4.69) is 26.2 Å². The van der Waals surface area contributed by atoms with Crippen LogP contribution in [0.5, 0.6) is 0 Å². The molecular formula is C11H18BrN3O2S. The largest absolute Gasteiger partial charge is 0.397 e. The number of sulfone groups is 1. The van der Waals surface area contributed by atoms with Crippen LogP contribution in [-0.2, 0) is 9.84 Å². The normalized spacial score (nSPS) is 12.5. The fraction of sp³-hybridized carbons (Fsp3) is 0.545. The van der Waals surface area contributed by atoms with Crippen molar-refractivity contribution in [3.8, 4) is 0 Å². The van der Waals surface area contributed by atoms with E-state index >= 15 is 0 Å². The lowest BCUT2D eigenvalue weighted by Crippen LogP contribution is -2.38. The van der Waals surface area contributed by atoms with Crippen molar-refractivity contribution in [1.29, 1.82) is 0 Å². The Morgan fingerprint density at radius 2 is 2.06 bits per heavy atom. The van der Waals surface area contributed by atoms with Gasteiger partial charge in [-0.3, -0.25) is 0 Å². The lowest BCUT2D eigenvalue weighted by Gasteiger charge is -2.23. The lowest BCUT2D eigenvalue weighted by atomic mass is 10.2. The van der Waals surface area contributed by atoms with Gasteiger partial charge >= 0.3 is 0 Å². The topological polar surface area (TPSA) is 85.1 Å². The van der Waals surface area contributed by atoms with Gasteiger partial charge in [0.05, 0.1) is 21.1 Å². The molecule has 0 bridgehead atoms. The maximum Gasteiger partial charge on any atom is 0.154 e. The number of hydrogen-bond acceptors (Lipinski definition) is 5. The maximum atomic E-state index is 11.6. The van der Waals surface area contributed by atoms with Crippen molar-refractivity contribution in [1.82, 2.24) is 4.98 Å². The van der Waals surface area contributed by atoms with Crippen LogP contribution in [0.4, 0.5) is 11.5 Å². The van der Waals surface area contributed by atoms with Gasteiger partial charge in [0.25, 0.3) is 0 Å². The molecule has 1 rings (SSSR count). The van der Waals surface area contributed by atoms with Gasteiger partial charge in [-0.05, 0) is 42.3 Å². The molecule has 0 amide bonds. The van der Waals surface area contributed by atoms with Crippen molar-refractivity contribution in [3.63, 3.8) is 0 Å². The number of halogens is 1. The number of nitrogen functional groups attached to an aromatic ring is 1. The molecule has 1 heterocycles. The fourth-order valence-corrected chi connectivity index (χ4v) is 1.95. The summed E-state index contributed by atoms with van der Waals surface area (Å²) in [5, 5.41) is 3.04. The first-order chi connectivity index (χ1) is 8.06. The summed E-state index contributed by atoms with van der Waals surface area (Å²) in [6.07, 6.45) is 2.78. The number of aromatic nitrogens is 1. The highest BCUT2D eigenvalue weighted by atomic mass is 79.9. The average Bonchev–Trinajstić information content (AvgIpc) is 2.23. The number of pyridine rings is 1. The van der Waals surface area contributed by atoms with Crippen LogP contribution in [0.1, 0.15) is 19.4 Å². The monoisotopic (exact) mass is 335 g/mol. The molecule has 0 atom stereocenters. The van der Waals surface area contributed by atoms with Crippen molar-refractivity contribution in [2.75, 3.05) is 23.9 Å². The van der Waals surface area contributed by atoms with Gasteiger partial charge in [0.2, 0.25) is 0 Å². The third kappa shape index (κ3) is 3.14. The molecule has 18 heavy (non-hydrogen) atoms. The Kier molecular flexibility index (Phi) is 4.27. The van der Waals surface area contributed by atoms with E-state index in [1.807, 2.05) is 6.92 Å². The van der Waals surface area contributed by atoms with Crippen molar-refractivity contribution in [2.24, 2.45) is 0 Å². The second kappa shape index (κ2) is 5.05. The number of nitrogens with zero attached hydrogens (tertiary/aromatic N) is 1. The molecule has 0 saturated heterocycles. The van der Waals surface area contributed by atoms with Gasteiger partial charge in [-0.1, -0.05) is 0 Å². The van der Waals surface area contributed by atoms with Crippen LogP contribution in [0.15, 0.2) is 10.7 Å². The fourth-order valence-electron chi connectivity index (χ4n) is 1.14. The summed E-state index contributed by atoms with van der Waals surface area (Å²) >= 11 is 3.39. The van der Waals surface area contributed by atoms with Gasteiger partial charge in [-0.2, -0.15) is 0 Å². The Balaban J connectivity index is 2.92. The Bertz CT molecular complexity index is 556. The predicted octanol–water partition coefficient (Wildman–Crippen LogP) is 1.97. The van der Waals surface area contributed by atoms with Crippen LogP contribution in [0.3, 0.4) is 0 Å². The van der Waals surface area contributed by atoms with Gasteiger partial charge in [-0.15, -0.1) is 0 Å². The quantitative estimate of drug-likeness (QED) is 0.878. The number of anilines is 2. The molecule has 0 aliphatic heterocycles. The van der Waals surface area contributed by atoms with Crippen LogP contribution in [0.2, 0.25) is 0 Å². The van der Waals surface area contributed by atoms with E-state index in [-0.39, 0.29) is 6.54 Å². The summed E-state index contributed by atoms with van der Waals surface area (Å²) in [6, 6.07) is 0. The Labute approximate surface area is 116 Å². The molecule has 0 spiro atoms. The molecule has 5 nitrogen and oxygen atoms in total. The SMILES string of the molecule is Cc1c(N)cnc(NCC(C)(C)S(C)(=O)=O)c1Br. The minimum Gasteiger partial charge on any atom is -0.397 e. The molecule has 0 aliphatic rings. The van der Waals surface area contributed by atoms with Crippen LogP contribution in [0, 0.1) is 6.92 Å². The molecule has 1 aromatic heterocycles. The van der Waals surface area contributed by atoms with Crippen LogP contribution in [-0.4, -0.2) is 30.9 Å². The van der Waals surface area contributed by atoms with Gasteiger partial charge < -0.3 is 11.1 Å². The molecule has 0 radical (unpaired) electrons. The van der Waals surface area contributed by atoms with Crippen LogP contribution < -0.4 is 11.1 Å². The first-order valence-corrected chi connectivity index (χ1v) is 8.09. The smallest absolute Gasteiger partial charge is 0.154 e. The van der Waals surface area contributed by atoms with Crippen LogP contribution >= 0.6 is 15.9 Å². The van der Waals surface area contributed by atoms with E-state index in [1.165, 1.54) is 6.26 Å². The second-order valence-electron chi connectivity index (χ2n) is 4.89. The maximum absolute atomic E-state index is 11.6. The minimum atomic E-state index is -3.13. The van der Waals surface area contributed by atoms with Crippen LogP contribution in [0.25, 0.3) is 0 Å². The van der Waals surface area contributed by atoms with Gasteiger partial charge in [-0.25, -0.2) is 13.4 Å². The molecule has 0 saturated carbocycles. The first kappa shape index (κ1) is 15.2. The molecule has 1 aromatic rings. The molecule has 0 aliphatic carbocycles. The third-order valence-electron chi connectivity index (χ3n) is 2.99. The molecule has 0 fully saturated rings. The molecule has 7 heteroatoms. The Hall–Kier alpha value is -0.820. The van der Waals surface area contributed by atoms with Crippen molar-refractivity contribution >= 4 is 37.3 Å². The summed E-state index contributed by atoms with van der Waals surface area (Å²) < 4.78 is 23.1. The first-order valence-electron chi connectivity index (χ1n) is 5.40. The number of nitrogens with one attached hydrogen (secondary N) is 1. The number of rotatable bonds is 4. The molecule has 0 unspecified atom stereocenters. The minimum absolute atomic E-state index is 0.279. The highest BCUT2D eigenvalue weighted by Crippen LogP contribution is 2.28. The lowest BCUT2D eigenvalue weighted by molar-refractivity contribution is 0.559. The zero-order valence-corrected chi connectivity index (χ0v) is 13.3. The summed E-state index contributed by atoms with van der Waals surface area (Å²) in [6.45, 7) is 5.50. The Morgan fingerprint density at radius 3 is 2.56 bits per heavy atom. The molecule has 102 valence electrons. The molecule has 3 N–H and O–H groups in total. The number of nitrogens with two attached hydrogens (primary N) is 1. The summed E-state index contributed by atoms with van der Waals surface area (Å²) in [5.74, 6) is 0.596. The second-order valence-corrected chi connectivity index (χ2v) is 8.33. The van der Waals surface area contributed by atoms with Crippen molar-refractivity contribution < 1.29 is 8.42 Å². The summed E-state index contributed by atoms with van der Waals surface area (Å²) in [7, 11) is -3.13. The van der Waals surface area contributed by atoms with E-state index in [0.717, 1.165) is 10.0 Å². The third-order valence-corrected chi connectivity index (χ3v) is 6.11. The highest BCUT2D eigenvalue weighted by molar-refractivity contribution is 9.10. The molecular weight excluding hydrogens is 318 g/mol. The summed E-state index contributed by atoms with van der Waals surface area (Å²) in [5.41, 5.74) is 7.20.